The smallest absolute Gasteiger partial charge is 0.287 e. The van der Waals surface area contributed by atoms with Gasteiger partial charge in [-0.05, 0) is 53.0 Å². The van der Waals surface area contributed by atoms with E-state index in [2.05, 4.69) is 32.6 Å². The van der Waals surface area contributed by atoms with Crippen molar-refractivity contribution in [2.75, 3.05) is 6.54 Å². The highest BCUT2D eigenvalue weighted by molar-refractivity contribution is 9.10. The molecule has 0 radical (unpaired) electrons. The van der Waals surface area contributed by atoms with Crippen LogP contribution in [-0.4, -0.2) is 18.4 Å². The Morgan fingerprint density at radius 2 is 1.91 bits per heavy atom. The van der Waals surface area contributed by atoms with Gasteiger partial charge >= 0.3 is 0 Å². The molecule has 22 heavy (non-hydrogen) atoms. The summed E-state index contributed by atoms with van der Waals surface area (Å²) in [6, 6.07) is 9.22. The molecule has 0 aliphatic heterocycles. The van der Waals surface area contributed by atoms with Crippen molar-refractivity contribution >= 4 is 27.7 Å². The van der Waals surface area contributed by atoms with E-state index in [0.717, 1.165) is 11.1 Å². The number of hydrogen-bond acceptors (Lipinski definition) is 3. The molecule has 0 saturated heterocycles. The van der Waals surface area contributed by atoms with E-state index in [1.807, 2.05) is 26.0 Å². The quantitative estimate of drug-likeness (QED) is 0.856. The average molecular weight is 365 g/mol. The number of nitrogens with one attached hydrogen (secondary N) is 2. The number of aryl methyl sites for hydroxylation is 2. The van der Waals surface area contributed by atoms with Crippen LogP contribution in [0.5, 0.6) is 0 Å². The predicted molar refractivity (Wildman–Crippen MR) is 86.5 cm³/mol. The molecule has 6 heteroatoms. The molecule has 0 bridgehead atoms. The Morgan fingerprint density at radius 1 is 1.14 bits per heavy atom. The molecule has 0 atom stereocenters. The van der Waals surface area contributed by atoms with E-state index in [4.69, 9.17) is 4.42 Å². The van der Waals surface area contributed by atoms with Gasteiger partial charge in [-0.25, -0.2) is 0 Å². The lowest BCUT2D eigenvalue weighted by Gasteiger charge is -2.09. The van der Waals surface area contributed by atoms with Gasteiger partial charge in [0.05, 0.1) is 6.54 Å². The zero-order valence-electron chi connectivity index (χ0n) is 12.4. The van der Waals surface area contributed by atoms with Crippen LogP contribution in [-0.2, 0) is 11.3 Å². The van der Waals surface area contributed by atoms with Crippen LogP contribution in [0, 0.1) is 13.8 Å². The summed E-state index contributed by atoms with van der Waals surface area (Å²) in [5, 5.41) is 5.28. The van der Waals surface area contributed by atoms with Gasteiger partial charge in [0.2, 0.25) is 5.91 Å². The lowest BCUT2D eigenvalue weighted by Crippen LogP contribution is -2.36. The third-order valence-corrected chi connectivity index (χ3v) is 3.61. The highest BCUT2D eigenvalue weighted by Crippen LogP contribution is 2.13. The van der Waals surface area contributed by atoms with E-state index >= 15 is 0 Å². The molecular formula is C16H17BrN2O3. The predicted octanol–water partition coefficient (Wildman–Crippen LogP) is 2.71. The number of benzene rings is 1. The molecule has 2 amide bonds. The number of rotatable bonds is 5. The molecule has 2 rings (SSSR count). The average Bonchev–Trinajstić information content (AvgIpc) is 2.90. The Kier molecular flexibility index (Phi) is 5.38. The summed E-state index contributed by atoms with van der Waals surface area (Å²) in [6.45, 7) is 4.37. The molecule has 5 nitrogen and oxygen atoms in total. The fraction of sp³-hybridized carbons (Fsp3) is 0.250. The molecule has 0 aliphatic rings. The summed E-state index contributed by atoms with van der Waals surface area (Å²) < 4.78 is 5.58. The van der Waals surface area contributed by atoms with Gasteiger partial charge in [0.15, 0.2) is 10.4 Å². The number of carbonyl (C=O) groups excluding carboxylic acids is 2. The zero-order chi connectivity index (χ0) is 16.1. The maximum Gasteiger partial charge on any atom is 0.287 e. The number of furan rings is 1. The topological polar surface area (TPSA) is 71.3 Å². The second kappa shape index (κ2) is 7.26. The van der Waals surface area contributed by atoms with Crippen molar-refractivity contribution in [2.24, 2.45) is 0 Å². The molecule has 0 saturated carbocycles. The van der Waals surface area contributed by atoms with Gasteiger partial charge in [0.25, 0.3) is 5.91 Å². The first-order valence-corrected chi connectivity index (χ1v) is 7.61. The first-order valence-electron chi connectivity index (χ1n) is 6.82. The fourth-order valence-corrected chi connectivity index (χ4v) is 2.29. The third-order valence-electron chi connectivity index (χ3n) is 3.18. The van der Waals surface area contributed by atoms with E-state index in [9.17, 15) is 9.59 Å². The minimum Gasteiger partial charge on any atom is -0.444 e. The second-order valence-corrected chi connectivity index (χ2v) is 5.77. The van der Waals surface area contributed by atoms with Crippen molar-refractivity contribution in [2.45, 2.75) is 20.4 Å². The Morgan fingerprint density at radius 3 is 2.55 bits per heavy atom. The summed E-state index contributed by atoms with van der Waals surface area (Å²) in [5.74, 6) is -0.514. The Labute approximate surface area is 137 Å². The molecule has 1 heterocycles. The van der Waals surface area contributed by atoms with E-state index in [-0.39, 0.29) is 18.2 Å². The molecule has 0 aliphatic carbocycles. The summed E-state index contributed by atoms with van der Waals surface area (Å²) in [7, 11) is 0. The largest absolute Gasteiger partial charge is 0.444 e. The maximum atomic E-state index is 11.8. The normalized spacial score (nSPS) is 10.3. The van der Waals surface area contributed by atoms with Crippen LogP contribution in [0.2, 0.25) is 0 Å². The standard InChI is InChI=1S/C16H17BrN2O3/c1-10-3-4-12(11(2)7-10)8-18-15(20)9-19-16(21)13-5-6-14(17)22-13/h3-7H,8-9H2,1-2H3,(H,18,20)(H,19,21). The molecule has 2 N–H and O–H groups in total. The van der Waals surface area contributed by atoms with Crippen LogP contribution in [0.4, 0.5) is 0 Å². The lowest BCUT2D eigenvalue weighted by atomic mass is 10.1. The van der Waals surface area contributed by atoms with Gasteiger partial charge in [0, 0.05) is 6.54 Å². The molecule has 0 spiro atoms. The zero-order valence-corrected chi connectivity index (χ0v) is 14.0. The van der Waals surface area contributed by atoms with Crippen molar-refractivity contribution in [1.82, 2.24) is 10.6 Å². The Bertz CT molecular complexity index is 694. The minimum absolute atomic E-state index is 0.0952. The molecule has 0 fully saturated rings. The summed E-state index contributed by atoms with van der Waals surface area (Å²) in [4.78, 5) is 23.5. The molecule has 116 valence electrons. The third kappa shape index (κ3) is 4.46. The van der Waals surface area contributed by atoms with Crippen LogP contribution < -0.4 is 10.6 Å². The van der Waals surface area contributed by atoms with Gasteiger partial charge in [0.1, 0.15) is 0 Å². The fourth-order valence-electron chi connectivity index (χ4n) is 1.98. The Balaban J connectivity index is 1.79. The molecule has 1 aromatic carbocycles. The van der Waals surface area contributed by atoms with E-state index in [1.54, 1.807) is 6.07 Å². The summed E-state index contributed by atoms with van der Waals surface area (Å²) >= 11 is 3.12. The summed E-state index contributed by atoms with van der Waals surface area (Å²) in [6.07, 6.45) is 0. The number of amides is 2. The second-order valence-electron chi connectivity index (χ2n) is 4.99. The summed E-state index contributed by atoms with van der Waals surface area (Å²) in [5.41, 5.74) is 3.37. The van der Waals surface area contributed by atoms with Crippen molar-refractivity contribution in [1.29, 1.82) is 0 Å². The molecular weight excluding hydrogens is 348 g/mol. The van der Waals surface area contributed by atoms with Gasteiger partial charge in [-0.1, -0.05) is 23.8 Å². The van der Waals surface area contributed by atoms with Crippen molar-refractivity contribution in [3.63, 3.8) is 0 Å². The van der Waals surface area contributed by atoms with E-state index < -0.39 is 5.91 Å². The van der Waals surface area contributed by atoms with Gasteiger partial charge in [-0.15, -0.1) is 0 Å². The van der Waals surface area contributed by atoms with Gasteiger partial charge < -0.3 is 15.1 Å². The minimum atomic E-state index is -0.424. The maximum absolute atomic E-state index is 11.8. The first kappa shape index (κ1) is 16.3. The Hall–Kier alpha value is -2.08. The van der Waals surface area contributed by atoms with E-state index in [0.29, 0.717) is 11.2 Å². The molecule has 0 unspecified atom stereocenters. The van der Waals surface area contributed by atoms with Crippen molar-refractivity contribution in [3.05, 3.63) is 57.5 Å². The van der Waals surface area contributed by atoms with Crippen LogP contribution in [0.25, 0.3) is 0 Å². The molecule has 1 aromatic heterocycles. The van der Waals surface area contributed by atoms with Crippen molar-refractivity contribution < 1.29 is 14.0 Å². The number of halogens is 1. The van der Waals surface area contributed by atoms with Gasteiger partial charge in [-0.3, -0.25) is 9.59 Å². The first-order chi connectivity index (χ1) is 10.5. The van der Waals surface area contributed by atoms with Gasteiger partial charge in [-0.2, -0.15) is 0 Å². The number of hydrogen-bond donors (Lipinski definition) is 2. The lowest BCUT2D eigenvalue weighted by molar-refractivity contribution is -0.120. The highest BCUT2D eigenvalue weighted by Gasteiger charge is 2.11. The monoisotopic (exact) mass is 364 g/mol. The van der Waals surface area contributed by atoms with Crippen LogP contribution in [0.15, 0.2) is 39.4 Å². The molecule has 2 aromatic rings. The van der Waals surface area contributed by atoms with Crippen LogP contribution >= 0.6 is 15.9 Å². The van der Waals surface area contributed by atoms with Crippen molar-refractivity contribution in [3.8, 4) is 0 Å². The van der Waals surface area contributed by atoms with E-state index in [1.165, 1.54) is 11.6 Å². The highest BCUT2D eigenvalue weighted by atomic mass is 79.9. The van der Waals surface area contributed by atoms with Crippen LogP contribution in [0.1, 0.15) is 27.2 Å². The number of carbonyl (C=O) groups is 2. The van der Waals surface area contributed by atoms with Crippen LogP contribution in [0.3, 0.4) is 0 Å². The SMILES string of the molecule is Cc1ccc(CNC(=O)CNC(=O)c2ccc(Br)o2)c(C)c1.